The molecule has 0 unspecified atom stereocenters. The first-order valence-corrected chi connectivity index (χ1v) is 9.92. The molecule has 2 heterocycles. The molecule has 1 aromatic heterocycles. The van der Waals surface area contributed by atoms with Gasteiger partial charge in [0.1, 0.15) is 0 Å². The zero-order valence-corrected chi connectivity index (χ0v) is 17.2. The highest BCUT2D eigenvalue weighted by atomic mass is 35.5. The van der Waals surface area contributed by atoms with E-state index in [0.29, 0.717) is 5.41 Å². The summed E-state index contributed by atoms with van der Waals surface area (Å²) in [6, 6.07) is 8.52. The summed E-state index contributed by atoms with van der Waals surface area (Å²) in [5.41, 5.74) is 6.45. The van der Waals surface area contributed by atoms with E-state index in [-0.39, 0.29) is 0 Å². The molecule has 26 heavy (non-hydrogen) atoms. The van der Waals surface area contributed by atoms with E-state index in [1.165, 1.54) is 11.1 Å². The predicted molar refractivity (Wildman–Crippen MR) is 112 cm³/mol. The van der Waals surface area contributed by atoms with E-state index in [0.717, 1.165) is 60.9 Å². The molecule has 3 nitrogen and oxygen atoms in total. The Hall–Kier alpha value is -1.58. The third kappa shape index (κ3) is 4.57. The van der Waals surface area contributed by atoms with Crippen molar-refractivity contribution in [2.75, 3.05) is 25.0 Å². The number of rotatable bonds is 4. The summed E-state index contributed by atoms with van der Waals surface area (Å²) in [6.45, 7) is 8.84. The van der Waals surface area contributed by atoms with Crippen molar-refractivity contribution in [1.82, 2.24) is 10.3 Å². The second-order valence-corrected chi connectivity index (χ2v) is 8.82. The van der Waals surface area contributed by atoms with Crippen LogP contribution in [0.15, 0.2) is 30.5 Å². The molecule has 1 aliphatic rings. The highest BCUT2D eigenvalue weighted by Crippen LogP contribution is 2.36. The second kappa shape index (κ2) is 7.98. The summed E-state index contributed by atoms with van der Waals surface area (Å²) in [5.74, 6) is 0. The molecule has 1 aliphatic heterocycles. The lowest BCUT2D eigenvalue weighted by atomic mass is 9.90. The molecule has 0 spiro atoms. The van der Waals surface area contributed by atoms with Crippen molar-refractivity contribution in [3.05, 3.63) is 52.3 Å². The molecule has 4 heteroatoms. The van der Waals surface area contributed by atoms with Gasteiger partial charge in [-0.3, -0.25) is 4.98 Å². The predicted octanol–water partition coefficient (Wildman–Crippen LogP) is 5.17. The normalized spacial score (nSPS) is 14.7. The number of hydrogen-bond acceptors (Lipinski definition) is 3. The summed E-state index contributed by atoms with van der Waals surface area (Å²) in [7, 11) is 2.09. The molecule has 0 aliphatic carbocycles. The smallest absolute Gasteiger partial charge is 0.0646 e. The topological polar surface area (TPSA) is 28.2 Å². The lowest BCUT2D eigenvalue weighted by molar-refractivity contribution is 0.376. The number of aromatic nitrogens is 1. The van der Waals surface area contributed by atoms with Crippen molar-refractivity contribution in [1.29, 1.82) is 0 Å². The number of nitrogens with zero attached hydrogens (tertiary/aromatic N) is 2. The molecule has 3 rings (SSSR count). The van der Waals surface area contributed by atoms with Crippen molar-refractivity contribution < 1.29 is 0 Å². The SMILES string of the molecule is CN(c1ccc(CCC(C)(C)C)nc1)c1c(Cl)ccc2c1CCNCC2. The lowest BCUT2D eigenvalue weighted by Crippen LogP contribution is -2.17. The molecule has 0 saturated carbocycles. The van der Waals surface area contributed by atoms with Crippen LogP contribution in [-0.2, 0) is 19.3 Å². The van der Waals surface area contributed by atoms with Gasteiger partial charge in [0, 0.05) is 12.7 Å². The minimum Gasteiger partial charge on any atom is -0.342 e. The fourth-order valence-electron chi connectivity index (χ4n) is 3.48. The molecular formula is C22H30ClN3. The second-order valence-electron chi connectivity index (χ2n) is 8.41. The van der Waals surface area contributed by atoms with Gasteiger partial charge in [-0.2, -0.15) is 0 Å². The van der Waals surface area contributed by atoms with E-state index in [4.69, 9.17) is 16.6 Å². The third-order valence-electron chi connectivity index (χ3n) is 5.12. The van der Waals surface area contributed by atoms with Gasteiger partial charge in [0.2, 0.25) is 0 Å². The summed E-state index contributed by atoms with van der Waals surface area (Å²) in [6.07, 6.45) is 6.19. The van der Waals surface area contributed by atoms with Crippen LogP contribution in [0.25, 0.3) is 0 Å². The lowest BCUT2D eigenvalue weighted by Gasteiger charge is -2.25. The van der Waals surface area contributed by atoms with Crippen LogP contribution in [0.2, 0.25) is 5.02 Å². The standard InChI is InChI=1S/C22H30ClN3/c1-22(2,3)12-9-17-6-7-18(15-25-17)26(4)21-19-11-14-24-13-10-16(19)5-8-20(21)23/h5-8,15,24H,9-14H2,1-4H3. The van der Waals surface area contributed by atoms with Gasteiger partial charge in [-0.05, 0) is 73.5 Å². The monoisotopic (exact) mass is 371 g/mol. The average Bonchev–Trinajstić information content (AvgIpc) is 2.84. The van der Waals surface area contributed by atoms with Crippen molar-refractivity contribution >= 4 is 23.0 Å². The molecule has 0 fully saturated rings. The van der Waals surface area contributed by atoms with Gasteiger partial charge >= 0.3 is 0 Å². The minimum atomic E-state index is 0.334. The van der Waals surface area contributed by atoms with Crippen molar-refractivity contribution in [3.63, 3.8) is 0 Å². The Morgan fingerprint density at radius 2 is 1.88 bits per heavy atom. The van der Waals surface area contributed by atoms with E-state index >= 15 is 0 Å². The number of fused-ring (bicyclic) bond motifs is 1. The molecule has 2 aromatic rings. The van der Waals surface area contributed by atoms with Crippen molar-refractivity contribution in [2.24, 2.45) is 5.41 Å². The van der Waals surface area contributed by atoms with Crippen LogP contribution in [0.5, 0.6) is 0 Å². The maximum Gasteiger partial charge on any atom is 0.0646 e. The van der Waals surface area contributed by atoms with Gasteiger partial charge < -0.3 is 10.2 Å². The van der Waals surface area contributed by atoms with Crippen molar-refractivity contribution in [2.45, 2.75) is 46.5 Å². The van der Waals surface area contributed by atoms with Crippen molar-refractivity contribution in [3.8, 4) is 0 Å². The first-order valence-electron chi connectivity index (χ1n) is 9.55. The van der Waals surface area contributed by atoms with Crippen LogP contribution in [0.4, 0.5) is 11.4 Å². The highest BCUT2D eigenvalue weighted by molar-refractivity contribution is 6.33. The molecular weight excluding hydrogens is 342 g/mol. The highest BCUT2D eigenvalue weighted by Gasteiger charge is 2.19. The van der Waals surface area contributed by atoms with Crippen LogP contribution in [0, 0.1) is 5.41 Å². The molecule has 0 bridgehead atoms. The molecule has 0 atom stereocenters. The van der Waals surface area contributed by atoms with E-state index < -0.39 is 0 Å². The largest absolute Gasteiger partial charge is 0.342 e. The molecule has 0 amide bonds. The van der Waals surface area contributed by atoms with Gasteiger partial charge in [-0.1, -0.05) is 38.4 Å². The van der Waals surface area contributed by atoms with E-state index in [1.807, 2.05) is 12.3 Å². The zero-order chi connectivity index (χ0) is 18.7. The third-order valence-corrected chi connectivity index (χ3v) is 5.42. The van der Waals surface area contributed by atoms with Gasteiger partial charge in [0.25, 0.3) is 0 Å². The van der Waals surface area contributed by atoms with Crippen LogP contribution in [-0.4, -0.2) is 25.1 Å². The van der Waals surface area contributed by atoms with Crippen LogP contribution < -0.4 is 10.2 Å². The Labute approximate surface area is 162 Å². The van der Waals surface area contributed by atoms with Gasteiger partial charge in [-0.25, -0.2) is 0 Å². The Bertz CT molecular complexity index is 747. The molecule has 1 aromatic carbocycles. The van der Waals surface area contributed by atoms with Gasteiger partial charge in [-0.15, -0.1) is 0 Å². The molecule has 1 N–H and O–H groups in total. The number of anilines is 2. The first kappa shape index (κ1) is 19.2. The van der Waals surface area contributed by atoms with Gasteiger partial charge in [0.15, 0.2) is 0 Å². The maximum atomic E-state index is 6.61. The summed E-state index contributed by atoms with van der Waals surface area (Å²) >= 11 is 6.61. The van der Waals surface area contributed by atoms with Crippen LogP contribution in [0.1, 0.15) is 44.0 Å². The number of nitrogens with one attached hydrogen (secondary N) is 1. The average molecular weight is 372 g/mol. The van der Waals surface area contributed by atoms with E-state index in [9.17, 15) is 0 Å². The number of halogens is 1. The minimum absolute atomic E-state index is 0.334. The number of pyridine rings is 1. The van der Waals surface area contributed by atoms with E-state index in [2.05, 4.69) is 56.2 Å². The number of aryl methyl sites for hydroxylation is 1. The molecule has 0 radical (unpaired) electrons. The zero-order valence-electron chi connectivity index (χ0n) is 16.4. The Balaban J connectivity index is 1.84. The Morgan fingerprint density at radius 1 is 1.12 bits per heavy atom. The summed E-state index contributed by atoms with van der Waals surface area (Å²) in [5, 5.41) is 4.29. The summed E-state index contributed by atoms with van der Waals surface area (Å²) < 4.78 is 0. The Morgan fingerprint density at radius 3 is 2.58 bits per heavy atom. The molecule has 0 saturated heterocycles. The van der Waals surface area contributed by atoms with E-state index in [1.54, 1.807) is 0 Å². The first-order chi connectivity index (χ1) is 12.3. The maximum absolute atomic E-state index is 6.61. The fourth-order valence-corrected chi connectivity index (χ4v) is 3.79. The van der Waals surface area contributed by atoms with Gasteiger partial charge in [0.05, 0.1) is 22.6 Å². The summed E-state index contributed by atoms with van der Waals surface area (Å²) in [4.78, 5) is 6.88. The Kier molecular flexibility index (Phi) is 5.89. The molecule has 140 valence electrons. The van der Waals surface area contributed by atoms with Crippen LogP contribution in [0.3, 0.4) is 0 Å². The van der Waals surface area contributed by atoms with Crippen LogP contribution >= 0.6 is 11.6 Å². The fraction of sp³-hybridized carbons (Fsp3) is 0.500. The quantitative estimate of drug-likeness (QED) is 0.803. The number of hydrogen-bond donors (Lipinski definition) is 1. The number of benzene rings is 1.